The Balaban J connectivity index is 1.44. The van der Waals surface area contributed by atoms with Crippen molar-refractivity contribution in [3.63, 3.8) is 0 Å². The van der Waals surface area contributed by atoms with Gasteiger partial charge in [0.05, 0.1) is 34.6 Å². The average molecular weight is 730 g/mol. The molecule has 1 heterocycles. The van der Waals surface area contributed by atoms with Gasteiger partial charge in [-0.3, -0.25) is 4.98 Å². The number of hydrogen-bond donors (Lipinski definition) is 0. The molecule has 0 bridgehead atoms. The maximum atomic E-state index is 13.7. The lowest BCUT2D eigenvalue weighted by Crippen LogP contribution is -2.25. The molecule has 0 spiro atoms. The largest absolute Gasteiger partial charge is 0.489 e. The van der Waals surface area contributed by atoms with Crippen LogP contribution < -0.4 is 18.4 Å². The monoisotopic (exact) mass is 728 g/mol. The lowest BCUT2D eigenvalue weighted by molar-refractivity contribution is -0.0515. The Hall–Kier alpha value is -3.39. The highest BCUT2D eigenvalue weighted by molar-refractivity contribution is 7.87. The number of ether oxygens (including phenoxy) is 4. The number of halogens is 4. The number of rotatable bonds is 18. The molecule has 1 unspecified atom stereocenters. The van der Waals surface area contributed by atoms with Crippen molar-refractivity contribution in [2.75, 3.05) is 39.6 Å². The number of carbonyl (C=O) groups excluding carboxylic acids is 1. The minimum absolute atomic E-state index is 0.000602. The van der Waals surface area contributed by atoms with Gasteiger partial charge in [0, 0.05) is 25.4 Å². The summed E-state index contributed by atoms with van der Waals surface area (Å²) in [5, 5.41) is 0.471. The van der Waals surface area contributed by atoms with Crippen LogP contribution in [0.5, 0.6) is 23.0 Å². The standard InChI is InChI=1S/C33H36Cl2F2N2O8S/c1-39(2)11-12-48(41,42)47-28-10-8-23(14-31(28)44-19-21-5-6-21)32(40)45-29(15-24-25(34)16-38-17-26(24)35)22-7-9-27(46-33(36)37)30(13-22)43-18-20-3-4-20/h7-10,13-14,16-17,20-21,29,33H,3-6,11-12,15,18-19H2,1-2H3. The third-order valence-corrected chi connectivity index (χ3v) is 9.44. The third-order valence-electron chi connectivity index (χ3n) is 7.67. The van der Waals surface area contributed by atoms with E-state index in [2.05, 4.69) is 9.72 Å². The fourth-order valence-electron chi connectivity index (χ4n) is 4.55. The highest BCUT2D eigenvalue weighted by Crippen LogP contribution is 2.39. The molecule has 0 saturated heterocycles. The molecule has 0 radical (unpaired) electrons. The van der Waals surface area contributed by atoms with E-state index in [1.165, 1.54) is 48.8 Å². The van der Waals surface area contributed by atoms with Crippen molar-refractivity contribution >= 4 is 39.3 Å². The molecule has 1 atom stereocenters. The zero-order valence-electron chi connectivity index (χ0n) is 26.4. The molecule has 2 aliphatic rings. The molecule has 15 heteroatoms. The molecular formula is C33H36Cl2F2N2O8S. The number of carbonyl (C=O) groups is 1. The molecular weight excluding hydrogens is 693 g/mol. The van der Waals surface area contributed by atoms with E-state index in [1.807, 2.05) is 0 Å². The smallest absolute Gasteiger partial charge is 0.387 e. The number of nitrogens with zero attached hydrogens (tertiary/aromatic N) is 2. The lowest BCUT2D eigenvalue weighted by Gasteiger charge is -2.22. The first-order valence-corrected chi connectivity index (χ1v) is 17.7. The van der Waals surface area contributed by atoms with Gasteiger partial charge in [-0.25, -0.2) is 4.79 Å². The summed E-state index contributed by atoms with van der Waals surface area (Å²) in [6.07, 6.45) is 5.68. The fourth-order valence-corrected chi connectivity index (χ4v) is 6.15. The van der Waals surface area contributed by atoms with Crippen LogP contribution >= 0.6 is 23.2 Å². The second-order valence-corrected chi connectivity index (χ2v) is 14.6. The van der Waals surface area contributed by atoms with Crippen LogP contribution in [0.4, 0.5) is 8.78 Å². The van der Waals surface area contributed by atoms with E-state index in [4.69, 9.17) is 41.6 Å². The second-order valence-electron chi connectivity index (χ2n) is 12.1. The average Bonchev–Trinajstić information content (AvgIpc) is 3.96. The summed E-state index contributed by atoms with van der Waals surface area (Å²) in [5.74, 6) is -0.452. The molecule has 0 aliphatic heterocycles. The van der Waals surface area contributed by atoms with E-state index in [0.29, 0.717) is 36.2 Å². The van der Waals surface area contributed by atoms with Gasteiger partial charge < -0.3 is 28.0 Å². The van der Waals surface area contributed by atoms with Crippen molar-refractivity contribution in [2.45, 2.75) is 44.8 Å². The zero-order chi connectivity index (χ0) is 34.4. The van der Waals surface area contributed by atoms with Gasteiger partial charge in [0.2, 0.25) is 0 Å². The fraction of sp³-hybridized carbons (Fsp3) is 0.455. The second kappa shape index (κ2) is 15.9. The Morgan fingerprint density at radius 3 is 2.10 bits per heavy atom. The number of alkyl halides is 2. The molecule has 2 saturated carbocycles. The van der Waals surface area contributed by atoms with Gasteiger partial charge in [-0.1, -0.05) is 29.3 Å². The molecule has 3 aromatic rings. The summed E-state index contributed by atoms with van der Waals surface area (Å²) in [6, 6.07) is 8.39. The molecule has 0 amide bonds. The Kier molecular flexibility index (Phi) is 11.9. The summed E-state index contributed by atoms with van der Waals surface area (Å²) in [5.41, 5.74) is 0.898. The van der Waals surface area contributed by atoms with Gasteiger partial charge in [0.15, 0.2) is 23.0 Å². The van der Waals surface area contributed by atoms with Gasteiger partial charge in [-0.15, -0.1) is 0 Å². The van der Waals surface area contributed by atoms with Crippen LogP contribution in [-0.4, -0.2) is 70.5 Å². The predicted octanol–water partition coefficient (Wildman–Crippen LogP) is 6.98. The van der Waals surface area contributed by atoms with Crippen LogP contribution in [0.25, 0.3) is 0 Å². The minimum atomic E-state index is -3.96. The zero-order valence-corrected chi connectivity index (χ0v) is 28.7. The summed E-state index contributed by atoms with van der Waals surface area (Å²) >= 11 is 12.8. The quantitative estimate of drug-likeness (QED) is 0.100. The van der Waals surface area contributed by atoms with Gasteiger partial charge in [0.1, 0.15) is 6.10 Å². The third kappa shape index (κ3) is 10.6. The van der Waals surface area contributed by atoms with Gasteiger partial charge in [0.25, 0.3) is 0 Å². The molecule has 48 heavy (non-hydrogen) atoms. The number of aromatic nitrogens is 1. The molecule has 1 aromatic heterocycles. The normalized spacial score (nSPS) is 15.3. The van der Waals surface area contributed by atoms with E-state index in [9.17, 15) is 22.0 Å². The van der Waals surface area contributed by atoms with Crippen LogP contribution in [-0.2, 0) is 21.3 Å². The number of pyridine rings is 1. The molecule has 5 rings (SSSR count). The molecule has 260 valence electrons. The minimum Gasteiger partial charge on any atom is -0.489 e. The van der Waals surface area contributed by atoms with Gasteiger partial charge in [-0.2, -0.15) is 17.2 Å². The van der Waals surface area contributed by atoms with Crippen molar-refractivity contribution in [1.29, 1.82) is 0 Å². The summed E-state index contributed by atoms with van der Waals surface area (Å²) in [6.45, 7) is -2.18. The Morgan fingerprint density at radius 2 is 1.52 bits per heavy atom. The van der Waals surface area contributed by atoms with Gasteiger partial charge >= 0.3 is 22.7 Å². The van der Waals surface area contributed by atoms with Gasteiger partial charge in [-0.05, 0) is 93.1 Å². The number of benzene rings is 2. The first-order valence-electron chi connectivity index (χ1n) is 15.4. The van der Waals surface area contributed by atoms with Crippen molar-refractivity contribution in [3.8, 4) is 23.0 Å². The van der Waals surface area contributed by atoms with E-state index >= 15 is 0 Å². The van der Waals surface area contributed by atoms with Crippen molar-refractivity contribution in [1.82, 2.24) is 9.88 Å². The SMILES string of the molecule is CN(C)CCS(=O)(=O)Oc1ccc(C(=O)OC(Cc2c(Cl)cncc2Cl)c2ccc(OC(F)F)c(OCC3CC3)c2)cc1OCC1CC1. The predicted molar refractivity (Wildman–Crippen MR) is 175 cm³/mol. The number of esters is 1. The van der Waals surface area contributed by atoms with Crippen LogP contribution in [0.2, 0.25) is 10.0 Å². The Morgan fingerprint density at radius 1 is 0.917 bits per heavy atom. The molecule has 0 N–H and O–H groups in total. The maximum Gasteiger partial charge on any atom is 0.387 e. The molecule has 2 fully saturated rings. The maximum absolute atomic E-state index is 13.7. The first-order chi connectivity index (χ1) is 22.9. The molecule has 2 aliphatic carbocycles. The van der Waals surface area contributed by atoms with E-state index in [1.54, 1.807) is 19.0 Å². The summed E-state index contributed by atoms with van der Waals surface area (Å²) < 4.78 is 79.6. The van der Waals surface area contributed by atoms with Crippen molar-refractivity contribution in [2.24, 2.45) is 11.8 Å². The van der Waals surface area contributed by atoms with E-state index < -0.39 is 28.8 Å². The van der Waals surface area contributed by atoms with E-state index in [-0.39, 0.29) is 57.3 Å². The number of hydrogen-bond acceptors (Lipinski definition) is 10. The Bertz CT molecular complexity index is 1680. The molecule has 10 nitrogen and oxygen atoms in total. The lowest BCUT2D eigenvalue weighted by atomic mass is 10.0. The van der Waals surface area contributed by atoms with Crippen molar-refractivity contribution < 1.29 is 45.1 Å². The first kappa shape index (κ1) is 35.9. The highest BCUT2D eigenvalue weighted by Gasteiger charge is 2.28. The van der Waals surface area contributed by atoms with Crippen LogP contribution in [0.1, 0.15) is 53.3 Å². The summed E-state index contributed by atoms with van der Waals surface area (Å²) in [7, 11) is -0.470. The topological polar surface area (TPSA) is 113 Å². The van der Waals surface area contributed by atoms with E-state index in [0.717, 1.165) is 25.7 Å². The van der Waals surface area contributed by atoms with Crippen molar-refractivity contribution in [3.05, 3.63) is 75.5 Å². The van der Waals surface area contributed by atoms with Crippen LogP contribution in [0.3, 0.4) is 0 Å². The van der Waals surface area contributed by atoms with Crippen LogP contribution in [0.15, 0.2) is 48.8 Å². The molecule has 2 aromatic carbocycles. The van der Waals surface area contributed by atoms with Crippen LogP contribution in [0, 0.1) is 11.8 Å². The Labute approximate surface area is 288 Å². The highest BCUT2D eigenvalue weighted by atomic mass is 35.5. The summed E-state index contributed by atoms with van der Waals surface area (Å²) in [4.78, 5) is 19.4.